The van der Waals surface area contributed by atoms with Crippen LogP contribution in [0.1, 0.15) is 26.2 Å². The minimum absolute atomic E-state index is 0.0818. The van der Waals surface area contributed by atoms with E-state index in [9.17, 15) is 13.2 Å². The number of rotatable bonds is 5. The summed E-state index contributed by atoms with van der Waals surface area (Å²) in [7, 11) is -3.37. The molecule has 1 unspecified atom stereocenters. The maximum Gasteiger partial charge on any atom is 0.242 e. The number of anilines is 1. The summed E-state index contributed by atoms with van der Waals surface area (Å²) in [6, 6.07) is 8.61. The number of carbonyl (C=O) groups excluding carboxylic acids is 1. The van der Waals surface area contributed by atoms with Crippen molar-refractivity contribution in [1.29, 1.82) is 0 Å². The number of aromatic nitrogens is 1. The van der Waals surface area contributed by atoms with E-state index < -0.39 is 16.1 Å². The van der Waals surface area contributed by atoms with Crippen LogP contribution in [-0.4, -0.2) is 42.0 Å². The van der Waals surface area contributed by atoms with Gasteiger partial charge in [0.25, 0.3) is 0 Å². The number of carbonyl (C=O) groups is 1. The Balaban J connectivity index is 1.77. The van der Waals surface area contributed by atoms with Gasteiger partial charge in [0.1, 0.15) is 6.04 Å². The predicted octanol–water partition coefficient (Wildman–Crippen LogP) is 2.38. The molecule has 1 saturated heterocycles. The third-order valence-electron chi connectivity index (χ3n) is 4.20. The van der Waals surface area contributed by atoms with Gasteiger partial charge in [0.2, 0.25) is 15.9 Å². The molecule has 0 bridgehead atoms. The van der Waals surface area contributed by atoms with Crippen LogP contribution in [0.3, 0.4) is 0 Å². The highest BCUT2D eigenvalue weighted by atomic mass is 32.2. The summed E-state index contributed by atoms with van der Waals surface area (Å²) in [6.07, 6.45) is 3.53. The molecule has 6 nitrogen and oxygen atoms in total. The van der Waals surface area contributed by atoms with Crippen molar-refractivity contribution in [2.24, 2.45) is 0 Å². The topological polar surface area (TPSA) is 79.4 Å². The second-order valence-electron chi connectivity index (χ2n) is 5.98. The summed E-state index contributed by atoms with van der Waals surface area (Å²) in [5, 5.41) is 3.78. The first kappa shape index (κ1) is 16.9. The third-order valence-corrected chi connectivity index (χ3v) is 6.27. The molecular formula is C17H21N3O3S. The van der Waals surface area contributed by atoms with Crippen LogP contribution in [0, 0.1) is 0 Å². The average molecular weight is 347 g/mol. The second kappa shape index (κ2) is 6.86. The van der Waals surface area contributed by atoms with E-state index in [1.54, 1.807) is 12.3 Å². The van der Waals surface area contributed by atoms with Gasteiger partial charge >= 0.3 is 0 Å². The fourth-order valence-electron chi connectivity index (χ4n) is 3.09. The third kappa shape index (κ3) is 3.42. The van der Waals surface area contributed by atoms with Crippen LogP contribution in [0.5, 0.6) is 0 Å². The highest BCUT2D eigenvalue weighted by Crippen LogP contribution is 2.24. The molecule has 0 saturated carbocycles. The van der Waals surface area contributed by atoms with Crippen LogP contribution < -0.4 is 5.32 Å². The van der Waals surface area contributed by atoms with Crippen LogP contribution in [0.2, 0.25) is 0 Å². The molecule has 24 heavy (non-hydrogen) atoms. The minimum Gasteiger partial charge on any atom is -0.325 e. The fraction of sp³-hybridized carbons (Fsp3) is 0.412. The SMILES string of the molecule is CCCS(=O)(=O)N1CCCC1C(=O)Nc1ccc2ncccc2c1. The van der Waals surface area contributed by atoms with Crippen molar-refractivity contribution in [2.75, 3.05) is 17.6 Å². The van der Waals surface area contributed by atoms with E-state index in [0.29, 0.717) is 31.5 Å². The zero-order valence-corrected chi connectivity index (χ0v) is 14.4. The molecule has 7 heteroatoms. The lowest BCUT2D eigenvalue weighted by Gasteiger charge is -2.23. The zero-order chi connectivity index (χ0) is 17.2. The molecule has 1 aromatic carbocycles. The first-order chi connectivity index (χ1) is 11.5. The first-order valence-corrected chi connectivity index (χ1v) is 9.77. The van der Waals surface area contributed by atoms with Gasteiger partial charge < -0.3 is 5.32 Å². The minimum atomic E-state index is -3.37. The number of fused-ring (bicyclic) bond motifs is 1. The van der Waals surface area contributed by atoms with E-state index in [1.165, 1.54) is 4.31 Å². The summed E-state index contributed by atoms with van der Waals surface area (Å²) in [6.45, 7) is 2.24. The second-order valence-corrected chi connectivity index (χ2v) is 8.03. The molecule has 0 radical (unpaired) electrons. The number of nitrogens with one attached hydrogen (secondary N) is 1. The van der Waals surface area contributed by atoms with Gasteiger partial charge in [-0.3, -0.25) is 9.78 Å². The normalized spacial score (nSPS) is 18.8. The molecule has 1 aromatic heterocycles. The van der Waals surface area contributed by atoms with Gasteiger partial charge in [0.05, 0.1) is 11.3 Å². The number of hydrogen-bond acceptors (Lipinski definition) is 4. The Morgan fingerprint density at radius 2 is 2.21 bits per heavy atom. The molecule has 1 aliphatic rings. The number of hydrogen-bond donors (Lipinski definition) is 1. The predicted molar refractivity (Wildman–Crippen MR) is 94.2 cm³/mol. The van der Waals surface area contributed by atoms with Crippen LogP contribution in [-0.2, 0) is 14.8 Å². The van der Waals surface area contributed by atoms with Gasteiger partial charge in [-0.15, -0.1) is 0 Å². The molecule has 2 aromatic rings. The smallest absolute Gasteiger partial charge is 0.242 e. The Bertz CT molecular complexity index is 851. The Morgan fingerprint density at radius 3 is 3.00 bits per heavy atom. The van der Waals surface area contributed by atoms with E-state index in [1.807, 2.05) is 31.2 Å². The maximum atomic E-state index is 12.6. The Labute approximate surface area is 141 Å². The summed E-state index contributed by atoms with van der Waals surface area (Å²) < 4.78 is 26.0. The van der Waals surface area contributed by atoms with Gasteiger partial charge in [-0.25, -0.2) is 8.42 Å². The monoisotopic (exact) mass is 347 g/mol. The van der Waals surface area contributed by atoms with E-state index >= 15 is 0 Å². The molecular weight excluding hydrogens is 326 g/mol. The van der Waals surface area contributed by atoms with Crippen molar-refractivity contribution in [1.82, 2.24) is 9.29 Å². The first-order valence-electron chi connectivity index (χ1n) is 8.16. The number of nitrogens with zero attached hydrogens (tertiary/aromatic N) is 2. The van der Waals surface area contributed by atoms with Gasteiger partial charge in [0.15, 0.2) is 0 Å². The van der Waals surface area contributed by atoms with Gasteiger partial charge in [-0.2, -0.15) is 4.31 Å². The van der Waals surface area contributed by atoms with Crippen LogP contribution in [0.4, 0.5) is 5.69 Å². The van der Waals surface area contributed by atoms with Gasteiger partial charge in [-0.1, -0.05) is 13.0 Å². The van der Waals surface area contributed by atoms with Crippen molar-refractivity contribution in [3.05, 3.63) is 36.5 Å². The molecule has 1 fully saturated rings. The molecule has 2 heterocycles. The lowest BCUT2D eigenvalue weighted by atomic mass is 10.2. The number of sulfonamides is 1. The molecule has 0 aliphatic carbocycles. The lowest BCUT2D eigenvalue weighted by molar-refractivity contribution is -0.119. The van der Waals surface area contributed by atoms with Crippen molar-refractivity contribution >= 4 is 32.5 Å². The van der Waals surface area contributed by atoms with Crippen molar-refractivity contribution < 1.29 is 13.2 Å². The summed E-state index contributed by atoms with van der Waals surface area (Å²) in [5.41, 5.74) is 1.50. The number of benzene rings is 1. The largest absolute Gasteiger partial charge is 0.325 e. The Kier molecular flexibility index (Phi) is 4.82. The van der Waals surface area contributed by atoms with E-state index in [2.05, 4.69) is 10.3 Å². The van der Waals surface area contributed by atoms with Crippen molar-refractivity contribution in [2.45, 2.75) is 32.2 Å². The molecule has 1 aliphatic heterocycles. The fourth-order valence-corrected chi connectivity index (χ4v) is 4.84. The molecule has 3 rings (SSSR count). The average Bonchev–Trinajstić information content (AvgIpc) is 3.05. The quantitative estimate of drug-likeness (QED) is 0.900. The van der Waals surface area contributed by atoms with Crippen LogP contribution in [0.25, 0.3) is 10.9 Å². The Hall–Kier alpha value is -1.99. The van der Waals surface area contributed by atoms with Crippen molar-refractivity contribution in [3.63, 3.8) is 0 Å². The molecule has 1 N–H and O–H groups in total. The summed E-state index contributed by atoms with van der Waals surface area (Å²) in [5.74, 6) is -0.186. The van der Waals surface area contributed by atoms with Gasteiger partial charge in [0, 0.05) is 23.8 Å². The summed E-state index contributed by atoms with van der Waals surface area (Å²) >= 11 is 0. The number of pyridine rings is 1. The number of amides is 1. The van der Waals surface area contributed by atoms with Crippen molar-refractivity contribution in [3.8, 4) is 0 Å². The van der Waals surface area contributed by atoms with Gasteiger partial charge in [-0.05, 0) is 43.5 Å². The highest BCUT2D eigenvalue weighted by molar-refractivity contribution is 7.89. The van der Waals surface area contributed by atoms with Crippen LogP contribution >= 0.6 is 0 Å². The molecule has 1 atom stereocenters. The Morgan fingerprint density at radius 1 is 1.38 bits per heavy atom. The zero-order valence-electron chi connectivity index (χ0n) is 13.6. The highest BCUT2D eigenvalue weighted by Gasteiger charge is 2.38. The van der Waals surface area contributed by atoms with Crippen LogP contribution in [0.15, 0.2) is 36.5 Å². The van der Waals surface area contributed by atoms with E-state index in [0.717, 1.165) is 10.9 Å². The molecule has 128 valence electrons. The standard InChI is InChI=1S/C17H21N3O3S/c1-2-11-24(22,23)20-10-4-6-16(20)17(21)19-14-7-8-15-13(12-14)5-3-9-18-15/h3,5,7-9,12,16H,2,4,6,10-11H2,1H3,(H,19,21). The molecule has 0 spiro atoms. The maximum absolute atomic E-state index is 12.6. The summed E-state index contributed by atoms with van der Waals surface area (Å²) in [4.78, 5) is 16.8. The molecule has 1 amide bonds. The van der Waals surface area contributed by atoms with E-state index in [4.69, 9.17) is 0 Å². The van der Waals surface area contributed by atoms with E-state index in [-0.39, 0.29) is 11.7 Å². The lowest BCUT2D eigenvalue weighted by Crippen LogP contribution is -2.44.